The van der Waals surface area contributed by atoms with E-state index >= 15 is 0 Å². The molecule has 0 amide bonds. The van der Waals surface area contributed by atoms with Crippen molar-refractivity contribution in [3.05, 3.63) is 29.3 Å². The van der Waals surface area contributed by atoms with Crippen LogP contribution in [0.2, 0.25) is 0 Å². The predicted molar refractivity (Wildman–Crippen MR) is 81.3 cm³/mol. The molecule has 0 unspecified atom stereocenters. The highest BCUT2D eigenvalue weighted by Crippen LogP contribution is 2.18. The van der Waals surface area contributed by atoms with Gasteiger partial charge in [-0.25, -0.2) is 0 Å². The summed E-state index contributed by atoms with van der Waals surface area (Å²) < 4.78 is 11.1. The van der Waals surface area contributed by atoms with Gasteiger partial charge in [0.2, 0.25) is 0 Å². The second-order valence-electron chi connectivity index (χ2n) is 5.32. The van der Waals surface area contributed by atoms with Gasteiger partial charge in [-0.05, 0) is 30.7 Å². The van der Waals surface area contributed by atoms with Crippen molar-refractivity contribution in [3.63, 3.8) is 0 Å². The van der Waals surface area contributed by atoms with E-state index in [2.05, 4.69) is 36.2 Å². The van der Waals surface area contributed by atoms with Crippen LogP contribution in [0.1, 0.15) is 18.1 Å². The predicted octanol–water partition coefficient (Wildman–Crippen LogP) is 1.81. The lowest BCUT2D eigenvalue weighted by Crippen LogP contribution is -2.46. The maximum absolute atomic E-state index is 5.78. The summed E-state index contributed by atoms with van der Waals surface area (Å²) in [5, 5.41) is 3.49. The highest BCUT2D eigenvalue weighted by Gasteiger charge is 2.18. The first-order chi connectivity index (χ1) is 9.72. The summed E-state index contributed by atoms with van der Waals surface area (Å²) in [6.07, 6.45) is 0.308. The SMILES string of the molecule is CCN1CCO[C@H](CNCc2ccc(OC)c(C)c2)C1. The van der Waals surface area contributed by atoms with Crippen molar-refractivity contribution >= 4 is 0 Å². The number of hydrogen-bond acceptors (Lipinski definition) is 4. The highest BCUT2D eigenvalue weighted by molar-refractivity contribution is 5.36. The lowest BCUT2D eigenvalue weighted by molar-refractivity contribution is -0.0253. The van der Waals surface area contributed by atoms with E-state index in [1.807, 2.05) is 6.07 Å². The molecule has 1 aliphatic rings. The van der Waals surface area contributed by atoms with Gasteiger partial charge in [-0.3, -0.25) is 4.90 Å². The van der Waals surface area contributed by atoms with Gasteiger partial charge in [-0.15, -0.1) is 0 Å². The summed E-state index contributed by atoms with van der Waals surface area (Å²) in [6, 6.07) is 6.31. The first-order valence-electron chi connectivity index (χ1n) is 7.41. The lowest BCUT2D eigenvalue weighted by Gasteiger charge is -2.32. The van der Waals surface area contributed by atoms with Crippen LogP contribution in [0.25, 0.3) is 0 Å². The Morgan fingerprint density at radius 3 is 3.00 bits per heavy atom. The molecule has 1 aliphatic heterocycles. The van der Waals surface area contributed by atoms with Crippen LogP contribution in [0, 0.1) is 6.92 Å². The summed E-state index contributed by atoms with van der Waals surface area (Å²) in [4.78, 5) is 2.44. The van der Waals surface area contributed by atoms with Crippen LogP contribution < -0.4 is 10.1 Å². The minimum atomic E-state index is 0.308. The fraction of sp³-hybridized carbons (Fsp3) is 0.625. The maximum Gasteiger partial charge on any atom is 0.121 e. The Hall–Kier alpha value is -1.10. The number of rotatable bonds is 6. The minimum absolute atomic E-state index is 0.308. The molecule has 0 aliphatic carbocycles. The molecule has 4 heteroatoms. The molecule has 1 atom stereocenters. The van der Waals surface area contributed by atoms with Gasteiger partial charge >= 0.3 is 0 Å². The smallest absolute Gasteiger partial charge is 0.121 e. The first kappa shape index (κ1) is 15.3. The number of aryl methyl sites for hydroxylation is 1. The normalized spacial score (nSPS) is 20.1. The van der Waals surface area contributed by atoms with Crippen molar-refractivity contribution in [2.45, 2.75) is 26.5 Å². The van der Waals surface area contributed by atoms with E-state index in [1.165, 1.54) is 11.1 Å². The summed E-state index contributed by atoms with van der Waals surface area (Å²) in [6.45, 7) is 10.1. The van der Waals surface area contributed by atoms with Crippen LogP contribution in [-0.2, 0) is 11.3 Å². The zero-order valence-corrected chi connectivity index (χ0v) is 12.8. The molecule has 1 saturated heterocycles. The maximum atomic E-state index is 5.78. The minimum Gasteiger partial charge on any atom is -0.496 e. The standard InChI is InChI=1S/C16H26N2O2/c1-4-18-7-8-20-15(12-18)11-17-10-14-5-6-16(19-3)13(2)9-14/h5-6,9,15,17H,4,7-8,10-12H2,1-3H3/t15-/m1/s1. The van der Waals surface area contributed by atoms with Gasteiger partial charge in [0.25, 0.3) is 0 Å². The second kappa shape index (κ2) is 7.62. The molecule has 112 valence electrons. The summed E-state index contributed by atoms with van der Waals surface area (Å²) in [5.74, 6) is 0.947. The van der Waals surface area contributed by atoms with Crippen molar-refractivity contribution in [1.82, 2.24) is 10.2 Å². The lowest BCUT2D eigenvalue weighted by atomic mass is 10.1. The molecular formula is C16H26N2O2. The molecule has 0 aromatic heterocycles. The third-order valence-corrected chi connectivity index (χ3v) is 3.83. The molecular weight excluding hydrogens is 252 g/mol. The Morgan fingerprint density at radius 1 is 1.45 bits per heavy atom. The van der Waals surface area contributed by atoms with Crippen molar-refractivity contribution in [2.24, 2.45) is 0 Å². The van der Waals surface area contributed by atoms with Gasteiger partial charge in [0.15, 0.2) is 0 Å². The van der Waals surface area contributed by atoms with E-state index in [0.717, 1.165) is 45.1 Å². The van der Waals surface area contributed by atoms with Gasteiger partial charge in [0.05, 0.1) is 19.8 Å². The Labute approximate surface area is 122 Å². The number of morpholine rings is 1. The van der Waals surface area contributed by atoms with Crippen LogP contribution in [0.4, 0.5) is 0 Å². The number of hydrogen-bond donors (Lipinski definition) is 1. The molecule has 1 heterocycles. The van der Waals surface area contributed by atoms with Crippen molar-refractivity contribution in [2.75, 3.05) is 39.9 Å². The van der Waals surface area contributed by atoms with Crippen molar-refractivity contribution < 1.29 is 9.47 Å². The van der Waals surface area contributed by atoms with Crippen LogP contribution in [-0.4, -0.2) is 50.9 Å². The Bertz CT molecular complexity index is 423. The molecule has 0 spiro atoms. The molecule has 4 nitrogen and oxygen atoms in total. The molecule has 2 rings (SSSR count). The Balaban J connectivity index is 1.76. The number of likely N-dealkylation sites (N-methyl/N-ethyl adjacent to an activating group) is 1. The Kier molecular flexibility index (Phi) is 5.83. The summed E-state index contributed by atoms with van der Waals surface area (Å²) >= 11 is 0. The van der Waals surface area contributed by atoms with E-state index in [4.69, 9.17) is 9.47 Å². The van der Waals surface area contributed by atoms with E-state index < -0.39 is 0 Å². The van der Waals surface area contributed by atoms with E-state index in [0.29, 0.717) is 6.10 Å². The quantitative estimate of drug-likeness (QED) is 0.860. The molecule has 0 saturated carbocycles. The molecule has 1 aromatic carbocycles. The number of ether oxygens (including phenoxy) is 2. The Morgan fingerprint density at radius 2 is 2.30 bits per heavy atom. The van der Waals surface area contributed by atoms with Crippen LogP contribution >= 0.6 is 0 Å². The average molecular weight is 278 g/mol. The first-order valence-corrected chi connectivity index (χ1v) is 7.41. The monoisotopic (exact) mass is 278 g/mol. The topological polar surface area (TPSA) is 33.7 Å². The summed E-state index contributed by atoms with van der Waals surface area (Å²) in [7, 11) is 1.71. The fourth-order valence-electron chi connectivity index (χ4n) is 2.62. The third-order valence-electron chi connectivity index (χ3n) is 3.83. The van der Waals surface area contributed by atoms with Crippen molar-refractivity contribution in [1.29, 1.82) is 0 Å². The summed E-state index contributed by atoms with van der Waals surface area (Å²) in [5.41, 5.74) is 2.46. The van der Waals surface area contributed by atoms with Crippen LogP contribution in [0.15, 0.2) is 18.2 Å². The van der Waals surface area contributed by atoms with E-state index in [-0.39, 0.29) is 0 Å². The molecule has 0 bridgehead atoms. The van der Waals surface area contributed by atoms with Gasteiger partial charge < -0.3 is 14.8 Å². The second-order valence-corrected chi connectivity index (χ2v) is 5.32. The zero-order valence-electron chi connectivity index (χ0n) is 12.8. The largest absolute Gasteiger partial charge is 0.496 e. The van der Waals surface area contributed by atoms with Crippen LogP contribution in [0.5, 0.6) is 5.75 Å². The molecule has 20 heavy (non-hydrogen) atoms. The van der Waals surface area contributed by atoms with E-state index in [1.54, 1.807) is 7.11 Å². The number of nitrogens with zero attached hydrogens (tertiary/aromatic N) is 1. The van der Waals surface area contributed by atoms with Gasteiger partial charge in [0.1, 0.15) is 5.75 Å². The third kappa shape index (κ3) is 4.20. The van der Waals surface area contributed by atoms with Gasteiger partial charge in [-0.2, -0.15) is 0 Å². The number of benzene rings is 1. The number of methoxy groups -OCH3 is 1. The highest BCUT2D eigenvalue weighted by atomic mass is 16.5. The number of nitrogens with one attached hydrogen (secondary N) is 1. The van der Waals surface area contributed by atoms with Crippen LogP contribution in [0.3, 0.4) is 0 Å². The zero-order chi connectivity index (χ0) is 14.4. The van der Waals surface area contributed by atoms with Crippen molar-refractivity contribution in [3.8, 4) is 5.75 Å². The molecule has 1 fully saturated rings. The average Bonchev–Trinajstić information content (AvgIpc) is 2.48. The van der Waals surface area contributed by atoms with E-state index in [9.17, 15) is 0 Å². The van der Waals surface area contributed by atoms with Gasteiger partial charge in [0, 0.05) is 26.2 Å². The molecule has 1 N–H and O–H groups in total. The fourth-order valence-corrected chi connectivity index (χ4v) is 2.62. The van der Waals surface area contributed by atoms with Gasteiger partial charge in [-0.1, -0.05) is 19.1 Å². The molecule has 0 radical (unpaired) electrons. The molecule has 1 aromatic rings.